The summed E-state index contributed by atoms with van der Waals surface area (Å²) >= 11 is 0. The number of phenols is 1. The van der Waals surface area contributed by atoms with E-state index >= 15 is 0 Å². The summed E-state index contributed by atoms with van der Waals surface area (Å²) in [6.07, 6.45) is 0. The Kier molecular flexibility index (Phi) is 4.26. The first-order valence-electron chi connectivity index (χ1n) is 7.54. The van der Waals surface area contributed by atoms with E-state index < -0.39 is 5.97 Å². The number of carbonyl (C=O) groups excluding carboxylic acids is 1. The second kappa shape index (κ2) is 6.52. The number of pyridine rings is 1. The van der Waals surface area contributed by atoms with Gasteiger partial charge in [-0.2, -0.15) is 0 Å². The van der Waals surface area contributed by atoms with E-state index in [1.165, 1.54) is 7.11 Å². The van der Waals surface area contributed by atoms with E-state index in [2.05, 4.69) is 4.98 Å². The van der Waals surface area contributed by atoms with Gasteiger partial charge in [-0.25, -0.2) is 9.78 Å². The molecule has 0 unspecified atom stereocenters. The molecule has 6 heteroatoms. The number of carbonyl (C=O) groups is 1. The molecule has 0 saturated heterocycles. The fraction of sp³-hybridized carbons (Fsp3) is 0.0526. The minimum Gasteiger partial charge on any atom is -0.507 e. The topological polar surface area (TPSA) is 111 Å². The second-order valence-electron chi connectivity index (χ2n) is 5.45. The van der Waals surface area contributed by atoms with Crippen LogP contribution >= 0.6 is 0 Å². The number of nitrogens with two attached hydrogens (primary N) is 2. The van der Waals surface area contributed by atoms with Gasteiger partial charge in [0.25, 0.3) is 0 Å². The van der Waals surface area contributed by atoms with Gasteiger partial charge in [0.1, 0.15) is 17.1 Å². The number of methoxy groups -OCH3 is 1. The molecule has 0 fully saturated rings. The molecule has 0 saturated carbocycles. The summed E-state index contributed by atoms with van der Waals surface area (Å²) in [5.74, 6) is -0.505. The lowest BCUT2D eigenvalue weighted by atomic mass is 9.97. The maximum Gasteiger partial charge on any atom is 0.342 e. The average Bonchev–Trinajstić information content (AvgIpc) is 2.61. The SMILES string of the molecule is COC(=O)c1c(-c2cccc(N)c2)cc(-c2ccccc2O)nc1N. The zero-order valence-corrected chi connectivity index (χ0v) is 13.6. The summed E-state index contributed by atoms with van der Waals surface area (Å²) < 4.78 is 4.84. The van der Waals surface area contributed by atoms with Crippen LogP contribution in [0.1, 0.15) is 10.4 Å². The Balaban J connectivity index is 2.30. The quantitative estimate of drug-likeness (QED) is 0.501. The highest BCUT2D eigenvalue weighted by Gasteiger charge is 2.21. The molecule has 0 amide bonds. The Bertz CT molecular complexity index is 954. The van der Waals surface area contributed by atoms with Gasteiger partial charge in [-0.05, 0) is 35.9 Å². The van der Waals surface area contributed by atoms with Crippen LogP contribution in [-0.4, -0.2) is 23.2 Å². The molecule has 0 bridgehead atoms. The molecule has 0 aliphatic carbocycles. The molecule has 1 heterocycles. The predicted molar refractivity (Wildman–Crippen MR) is 96.9 cm³/mol. The van der Waals surface area contributed by atoms with Gasteiger partial charge in [0, 0.05) is 16.8 Å². The van der Waals surface area contributed by atoms with Gasteiger partial charge in [-0.15, -0.1) is 0 Å². The Labute approximate surface area is 144 Å². The van der Waals surface area contributed by atoms with Crippen LogP contribution in [0, 0.1) is 0 Å². The van der Waals surface area contributed by atoms with Crippen molar-refractivity contribution in [2.75, 3.05) is 18.6 Å². The number of aromatic hydroxyl groups is 1. The summed E-state index contributed by atoms with van der Waals surface area (Å²) in [4.78, 5) is 16.5. The number of hydrogen-bond acceptors (Lipinski definition) is 6. The summed E-state index contributed by atoms with van der Waals surface area (Å²) in [6.45, 7) is 0. The second-order valence-corrected chi connectivity index (χ2v) is 5.45. The predicted octanol–water partition coefficient (Wildman–Crippen LogP) is 3.07. The maximum atomic E-state index is 12.2. The fourth-order valence-electron chi connectivity index (χ4n) is 2.64. The number of nitrogen functional groups attached to an aromatic ring is 2. The van der Waals surface area contributed by atoms with Crippen molar-refractivity contribution in [3.05, 3.63) is 60.2 Å². The number of anilines is 2. The summed E-state index contributed by atoms with van der Waals surface area (Å²) in [7, 11) is 1.28. The van der Waals surface area contributed by atoms with Gasteiger partial charge in [-0.1, -0.05) is 24.3 Å². The lowest BCUT2D eigenvalue weighted by Gasteiger charge is -2.14. The highest BCUT2D eigenvalue weighted by atomic mass is 16.5. The molecule has 0 aliphatic heterocycles. The van der Waals surface area contributed by atoms with E-state index in [4.69, 9.17) is 16.2 Å². The van der Waals surface area contributed by atoms with E-state index in [0.717, 1.165) is 0 Å². The Morgan fingerprint density at radius 1 is 1.04 bits per heavy atom. The van der Waals surface area contributed by atoms with Gasteiger partial charge < -0.3 is 21.3 Å². The third kappa shape index (κ3) is 3.10. The van der Waals surface area contributed by atoms with Gasteiger partial charge >= 0.3 is 5.97 Å². The first-order valence-corrected chi connectivity index (χ1v) is 7.54. The number of phenolic OH excluding ortho intramolecular Hbond substituents is 1. The first-order chi connectivity index (χ1) is 12.0. The summed E-state index contributed by atoms with van der Waals surface area (Å²) in [5, 5.41) is 10.1. The van der Waals surface area contributed by atoms with E-state index in [1.54, 1.807) is 48.5 Å². The van der Waals surface area contributed by atoms with Crippen molar-refractivity contribution in [3.8, 4) is 28.1 Å². The van der Waals surface area contributed by atoms with Gasteiger partial charge in [-0.3, -0.25) is 0 Å². The molecule has 6 nitrogen and oxygen atoms in total. The highest BCUT2D eigenvalue weighted by molar-refractivity contribution is 6.02. The van der Waals surface area contributed by atoms with Crippen LogP contribution in [0.2, 0.25) is 0 Å². The largest absolute Gasteiger partial charge is 0.507 e. The van der Waals surface area contributed by atoms with Crippen LogP contribution in [0.4, 0.5) is 11.5 Å². The molecule has 25 heavy (non-hydrogen) atoms. The van der Waals surface area contributed by atoms with Crippen molar-refractivity contribution >= 4 is 17.5 Å². The maximum absolute atomic E-state index is 12.2. The van der Waals surface area contributed by atoms with E-state index in [-0.39, 0.29) is 17.1 Å². The third-order valence-corrected chi connectivity index (χ3v) is 3.81. The number of hydrogen-bond donors (Lipinski definition) is 3. The molecule has 3 aromatic rings. The number of rotatable bonds is 3. The van der Waals surface area contributed by atoms with E-state index in [9.17, 15) is 9.90 Å². The Morgan fingerprint density at radius 2 is 1.80 bits per heavy atom. The standard InChI is InChI=1S/C19H17N3O3/c1-25-19(24)17-14(11-5-4-6-12(20)9-11)10-15(22-18(17)21)13-7-2-3-8-16(13)23/h2-10,23H,20H2,1H3,(H2,21,22). The molecule has 3 rings (SSSR count). The van der Waals surface area contributed by atoms with Crippen LogP contribution in [0.25, 0.3) is 22.4 Å². The van der Waals surface area contributed by atoms with Gasteiger partial charge in [0.2, 0.25) is 0 Å². The molecule has 0 spiro atoms. The van der Waals surface area contributed by atoms with Crippen molar-refractivity contribution < 1.29 is 14.6 Å². The van der Waals surface area contributed by atoms with Crippen molar-refractivity contribution in [1.29, 1.82) is 0 Å². The lowest BCUT2D eigenvalue weighted by Crippen LogP contribution is -2.10. The van der Waals surface area contributed by atoms with Crippen molar-refractivity contribution in [1.82, 2.24) is 4.98 Å². The molecule has 2 aromatic carbocycles. The molecule has 0 radical (unpaired) electrons. The minimum atomic E-state index is -0.591. The average molecular weight is 335 g/mol. The zero-order chi connectivity index (χ0) is 18.0. The zero-order valence-electron chi connectivity index (χ0n) is 13.6. The van der Waals surface area contributed by atoms with Gasteiger partial charge in [0.15, 0.2) is 0 Å². The summed E-state index contributed by atoms with van der Waals surface area (Å²) in [5.41, 5.74) is 14.8. The number of aromatic nitrogens is 1. The van der Waals surface area contributed by atoms with Crippen molar-refractivity contribution in [2.24, 2.45) is 0 Å². The monoisotopic (exact) mass is 335 g/mol. The molecular weight excluding hydrogens is 318 g/mol. The number of esters is 1. The number of ether oxygens (including phenoxy) is 1. The van der Waals surface area contributed by atoms with Crippen molar-refractivity contribution in [2.45, 2.75) is 0 Å². The van der Waals surface area contributed by atoms with Crippen LogP contribution in [0.5, 0.6) is 5.75 Å². The van der Waals surface area contributed by atoms with Crippen molar-refractivity contribution in [3.63, 3.8) is 0 Å². The molecule has 0 aliphatic rings. The molecule has 126 valence electrons. The van der Waals surface area contributed by atoms with Crippen LogP contribution in [0.15, 0.2) is 54.6 Å². The molecule has 5 N–H and O–H groups in total. The smallest absolute Gasteiger partial charge is 0.342 e. The third-order valence-electron chi connectivity index (χ3n) is 3.81. The first kappa shape index (κ1) is 16.3. The molecule has 1 aromatic heterocycles. The van der Waals surface area contributed by atoms with Crippen LogP contribution in [0.3, 0.4) is 0 Å². The molecule has 0 atom stereocenters. The lowest BCUT2D eigenvalue weighted by molar-refractivity contribution is 0.0602. The number of nitrogens with zero attached hydrogens (tertiary/aromatic N) is 1. The number of para-hydroxylation sites is 1. The van der Waals surface area contributed by atoms with Crippen LogP contribution in [-0.2, 0) is 4.74 Å². The minimum absolute atomic E-state index is 0.0185. The van der Waals surface area contributed by atoms with E-state index in [0.29, 0.717) is 28.1 Å². The van der Waals surface area contributed by atoms with E-state index in [1.807, 2.05) is 6.07 Å². The number of benzene rings is 2. The molecular formula is C19H17N3O3. The Morgan fingerprint density at radius 3 is 2.48 bits per heavy atom. The normalized spacial score (nSPS) is 10.4. The Hall–Kier alpha value is -3.54. The van der Waals surface area contributed by atoms with Gasteiger partial charge in [0.05, 0.1) is 12.8 Å². The summed E-state index contributed by atoms with van der Waals surface area (Å²) in [6, 6.07) is 15.5. The fourth-order valence-corrected chi connectivity index (χ4v) is 2.64. The van der Waals surface area contributed by atoms with Crippen LogP contribution < -0.4 is 11.5 Å². The highest BCUT2D eigenvalue weighted by Crippen LogP contribution is 2.35.